The summed E-state index contributed by atoms with van der Waals surface area (Å²) in [5.74, 6) is 0. The van der Waals surface area contributed by atoms with Gasteiger partial charge in [0.1, 0.15) is 0 Å². The molecule has 2 rings (SSSR count). The molecule has 1 N–H and O–H groups in total. The summed E-state index contributed by atoms with van der Waals surface area (Å²) in [6, 6.07) is 1.32. The second kappa shape index (κ2) is 7.24. The molecule has 1 saturated heterocycles. The molecule has 1 aliphatic heterocycles. The minimum absolute atomic E-state index is 0.469. The molecule has 0 radical (unpaired) electrons. The van der Waals surface area contributed by atoms with Crippen LogP contribution in [0.1, 0.15) is 59.3 Å². The second-order valence-corrected chi connectivity index (χ2v) is 7.61. The molecule has 0 spiro atoms. The predicted octanol–water partition coefficient (Wildman–Crippen LogP) is 3.04. The zero-order chi connectivity index (χ0) is 14.6. The van der Waals surface area contributed by atoms with Crippen LogP contribution in [0.15, 0.2) is 0 Å². The molecule has 0 aromatic rings. The maximum Gasteiger partial charge on any atom is 0.0702 e. The van der Waals surface area contributed by atoms with Crippen molar-refractivity contribution in [1.29, 1.82) is 0 Å². The summed E-state index contributed by atoms with van der Waals surface area (Å²) < 4.78 is 5.82. The van der Waals surface area contributed by atoms with Crippen molar-refractivity contribution >= 4 is 0 Å². The number of hydrogen-bond donors (Lipinski definition) is 1. The summed E-state index contributed by atoms with van der Waals surface area (Å²) in [5.41, 5.74) is 0.486. The van der Waals surface area contributed by atoms with Gasteiger partial charge in [-0.05, 0) is 57.5 Å². The molecule has 3 atom stereocenters. The Morgan fingerprint density at radius 2 is 2.10 bits per heavy atom. The van der Waals surface area contributed by atoms with E-state index in [-0.39, 0.29) is 0 Å². The lowest BCUT2D eigenvalue weighted by atomic mass is 9.72. The highest BCUT2D eigenvalue weighted by molar-refractivity contribution is 4.94. The summed E-state index contributed by atoms with van der Waals surface area (Å²) in [7, 11) is 2.30. The van der Waals surface area contributed by atoms with Gasteiger partial charge < -0.3 is 10.1 Å². The van der Waals surface area contributed by atoms with Gasteiger partial charge in [0.15, 0.2) is 0 Å². The van der Waals surface area contributed by atoms with Crippen LogP contribution in [0.5, 0.6) is 0 Å². The average Bonchev–Trinajstić information content (AvgIpc) is 2.89. The molecule has 0 aromatic carbocycles. The molecule has 2 fully saturated rings. The highest BCUT2D eigenvalue weighted by Crippen LogP contribution is 2.37. The maximum absolute atomic E-state index is 5.82. The standard InChI is InChI=1S/C17H34N2O/c1-5-10-18-15-8-9-17(2,3)12-16(15)19(4)13-14-7-6-11-20-14/h14-16,18H,5-13H2,1-4H3. The van der Waals surface area contributed by atoms with Gasteiger partial charge in [0.05, 0.1) is 6.10 Å². The highest BCUT2D eigenvalue weighted by Gasteiger charge is 2.37. The highest BCUT2D eigenvalue weighted by atomic mass is 16.5. The van der Waals surface area contributed by atoms with E-state index in [4.69, 9.17) is 4.74 Å². The summed E-state index contributed by atoms with van der Waals surface area (Å²) in [6.45, 7) is 10.3. The molecule has 0 bridgehead atoms. The van der Waals surface area contributed by atoms with Gasteiger partial charge in [0, 0.05) is 25.2 Å². The van der Waals surface area contributed by atoms with E-state index in [2.05, 4.69) is 38.0 Å². The summed E-state index contributed by atoms with van der Waals surface area (Å²) in [6.07, 6.45) is 8.14. The summed E-state index contributed by atoms with van der Waals surface area (Å²) in [5, 5.41) is 3.78. The molecule has 1 heterocycles. The van der Waals surface area contributed by atoms with Gasteiger partial charge in [-0.1, -0.05) is 20.8 Å². The molecule has 3 nitrogen and oxygen atoms in total. The lowest BCUT2D eigenvalue weighted by Gasteiger charge is -2.45. The molecule has 118 valence electrons. The van der Waals surface area contributed by atoms with Crippen LogP contribution < -0.4 is 5.32 Å². The van der Waals surface area contributed by atoms with Gasteiger partial charge in [-0.25, -0.2) is 0 Å². The fourth-order valence-corrected chi connectivity index (χ4v) is 3.82. The van der Waals surface area contributed by atoms with E-state index in [0.29, 0.717) is 23.6 Å². The SMILES string of the molecule is CCCNC1CCC(C)(C)CC1N(C)CC1CCCO1. The molecule has 0 amide bonds. The molecule has 3 unspecified atom stereocenters. The first-order chi connectivity index (χ1) is 9.52. The van der Waals surface area contributed by atoms with E-state index >= 15 is 0 Å². The fourth-order valence-electron chi connectivity index (χ4n) is 3.82. The minimum Gasteiger partial charge on any atom is -0.377 e. The van der Waals surface area contributed by atoms with Crippen molar-refractivity contribution in [2.24, 2.45) is 5.41 Å². The third-order valence-electron chi connectivity index (χ3n) is 5.10. The van der Waals surface area contributed by atoms with Crippen LogP contribution in [-0.2, 0) is 4.74 Å². The van der Waals surface area contributed by atoms with Crippen molar-refractivity contribution < 1.29 is 4.74 Å². The Balaban J connectivity index is 1.93. The van der Waals surface area contributed by atoms with Crippen LogP contribution in [0.25, 0.3) is 0 Å². The van der Waals surface area contributed by atoms with Gasteiger partial charge >= 0.3 is 0 Å². The third-order valence-corrected chi connectivity index (χ3v) is 5.10. The van der Waals surface area contributed by atoms with Crippen LogP contribution in [0.3, 0.4) is 0 Å². The normalized spacial score (nSPS) is 33.8. The Bertz CT molecular complexity index is 287. The number of hydrogen-bond acceptors (Lipinski definition) is 3. The lowest BCUT2D eigenvalue weighted by Crippen LogP contribution is -2.55. The van der Waals surface area contributed by atoms with E-state index in [9.17, 15) is 0 Å². The van der Waals surface area contributed by atoms with Gasteiger partial charge in [-0.2, -0.15) is 0 Å². The first kappa shape index (κ1) is 16.3. The Morgan fingerprint density at radius 3 is 2.75 bits per heavy atom. The van der Waals surface area contributed by atoms with Gasteiger partial charge in [0.2, 0.25) is 0 Å². The third kappa shape index (κ3) is 4.44. The van der Waals surface area contributed by atoms with Crippen LogP contribution in [-0.4, -0.2) is 49.8 Å². The van der Waals surface area contributed by atoms with E-state index in [1.807, 2.05) is 0 Å². The van der Waals surface area contributed by atoms with Gasteiger partial charge in [0.25, 0.3) is 0 Å². The van der Waals surface area contributed by atoms with E-state index in [0.717, 1.165) is 19.7 Å². The van der Waals surface area contributed by atoms with Gasteiger partial charge in [-0.3, -0.25) is 4.90 Å². The lowest BCUT2D eigenvalue weighted by molar-refractivity contribution is 0.0316. The molecule has 2 aliphatic rings. The van der Waals surface area contributed by atoms with Crippen LogP contribution in [0, 0.1) is 5.41 Å². The van der Waals surface area contributed by atoms with Crippen LogP contribution >= 0.6 is 0 Å². The molecule has 3 heteroatoms. The quantitative estimate of drug-likeness (QED) is 0.810. The Hall–Kier alpha value is -0.120. The predicted molar refractivity (Wildman–Crippen MR) is 85.1 cm³/mol. The number of nitrogens with one attached hydrogen (secondary N) is 1. The maximum atomic E-state index is 5.82. The van der Waals surface area contributed by atoms with E-state index in [1.165, 1.54) is 38.5 Å². The Kier molecular flexibility index (Phi) is 5.88. The first-order valence-corrected chi connectivity index (χ1v) is 8.57. The van der Waals surface area contributed by atoms with Gasteiger partial charge in [-0.15, -0.1) is 0 Å². The summed E-state index contributed by atoms with van der Waals surface area (Å²) >= 11 is 0. The van der Waals surface area contributed by atoms with E-state index in [1.54, 1.807) is 0 Å². The van der Waals surface area contributed by atoms with Crippen LogP contribution in [0.2, 0.25) is 0 Å². The Labute approximate surface area is 125 Å². The first-order valence-electron chi connectivity index (χ1n) is 8.57. The number of rotatable bonds is 6. The number of ether oxygens (including phenoxy) is 1. The zero-order valence-corrected chi connectivity index (χ0v) is 14.0. The van der Waals surface area contributed by atoms with Crippen molar-refractivity contribution in [2.75, 3.05) is 26.7 Å². The zero-order valence-electron chi connectivity index (χ0n) is 14.0. The second-order valence-electron chi connectivity index (χ2n) is 7.61. The van der Waals surface area contributed by atoms with Crippen molar-refractivity contribution in [1.82, 2.24) is 10.2 Å². The number of nitrogens with zero attached hydrogens (tertiary/aromatic N) is 1. The summed E-state index contributed by atoms with van der Waals surface area (Å²) in [4.78, 5) is 2.57. The van der Waals surface area contributed by atoms with Crippen molar-refractivity contribution in [3.05, 3.63) is 0 Å². The smallest absolute Gasteiger partial charge is 0.0702 e. The minimum atomic E-state index is 0.469. The molecule has 0 aromatic heterocycles. The Morgan fingerprint density at radius 1 is 1.30 bits per heavy atom. The fraction of sp³-hybridized carbons (Fsp3) is 1.00. The van der Waals surface area contributed by atoms with Crippen molar-refractivity contribution in [2.45, 2.75) is 77.5 Å². The monoisotopic (exact) mass is 282 g/mol. The largest absolute Gasteiger partial charge is 0.377 e. The van der Waals surface area contributed by atoms with Crippen molar-refractivity contribution in [3.8, 4) is 0 Å². The topological polar surface area (TPSA) is 24.5 Å². The van der Waals surface area contributed by atoms with Crippen LogP contribution in [0.4, 0.5) is 0 Å². The van der Waals surface area contributed by atoms with E-state index < -0.39 is 0 Å². The molecule has 1 saturated carbocycles. The molecule has 1 aliphatic carbocycles. The molecular formula is C17H34N2O. The van der Waals surface area contributed by atoms with Crippen molar-refractivity contribution in [3.63, 3.8) is 0 Å². The molecule has 20 heavy (non-hydrogen) atoms. The molecular weight excluding hydrogens is 248 g/mol. The average molecular weight is 282 g/mol. The number of likely N-dealkylation sites (N-methyl/N-ethyl adjacent to an activating group) is 1.